The molecular weight excluding hydrogens is 420 g/mol. The summed E-state index contributed by atoms with van der Waals surface area (Å²) >= 11 is 0. The Hall–Kier alpha value is -2.31. The van der Waals surface area contributed by atoms with Crippen LogP contribution in [0.1, 0.15) is 43.2 Å². The highest BCUT2D eigenvalue weighted by Crippen LogP contribution is 2.29. The molecular formula is C27H33F2N3O. The number of hydrogen-bond acceptors (Lipinski definition) is 3. The van der Waals surface area contributed by atoms with Crippen LogP contribution in [0.2, 0.25) is 0 Å². The molecule has 3 aliphatic rings. The predicted octanol–water partition coefficient (Wildman–Crippen LogP) is 4.47. The predicted molar refractivity (Wildman–Crippen MR) is 126 cm³/mol. The average molecular weight is 454 g/mol. The molecule has 2 aliphatic heterocycles. The van der Waals surface area contributed by atoms with E-state index >= 15 is 0 Å². The molecule has 0 aromatic heterocycles. The molecule has 33 heavy (non-hydrogen) atoms. The van der Waals surface area contributed by atoms with Gasteiger partial charge in [0.2, 0.25) is 5.91 Å². The summed E-state index contributed by atoms with van der Waals surface area (Å²) < 4.78 is 27.4. The second-order valence-corrected chi connectivity index (χ2v) is 9.78. The molecule has 6 heteroatoms. The summed E-state index contributed by atoms with van der Waals surface area (Å²) in [7, 11) is 0. The first-order valence-corrected chi connectivity index (χ1v) is 12.4. The van der Waals surface area contributed by atoms with Crippen LogP contribution in [0.5, 0.6) is 0 Å². The standard InChI is InChI=1S/C27H33F2N3O/c28-23-8-9-25(26(29)17-23)21-6-7-22-18-30(11-10-20(22)16-21)19-27(33)32-14-12-31(13-15-32)24-4-2-1-3-5-24/h6-9,16-17,24H,1-5,10-15,18-19H2. The normalized spacial score (nSPS) is 20.6. The Morgan fingerprint density at radius 1 is 0.879 bits per heavy atom. The summed E-state index contributed by atoms with van der Waals surface area (Å²) in [5.74, 6) is -0.877. The lowest BCUT2D eigenvalue weighted by Gasteiger charge is -2.41. The first kappa shape index (κ1) is 22.5. The smallest absolute Gasteiger partial charge is 0.236 e. The van der Waals surface area contributed by atoms with E-state index in [9.17, 15) is 13.6 Å². The number of fused-ring (bicyclic) bond motifs is 1. The first-order chi connectivity index (χ1) is 16.1. The molecule has 0 spiro atoms. The minimum atomic E-state index is -0.565. The number of halogens is 2. The van der Waals surface area contributed by atoms with Crippen molar-refractivity contribution in [1.82, 2.24) is 14.7 Å². The van der Waals surface area contributed by atoms with E-state index in [4.69, 9.17) is 0 Å². The Kier molecular flexibility index (Phi) is 6.74. The molecule has 1 saturated heterocycles. The van der Waals surface area contributed by atoms with Gasteiger partial charge in [0.15, 0.2) is 0 Å². The van der Waals surface area contributed by atoms with Crippen molar-refractivity contribution >= 4 is 5.91 Å². The van der Waals surface area contributed by atoms with Gasteiger partial charge in [-0.05, 0) is 48.1 Å². The van der Waals surface area contributed by atoms with Crippen LogP contribution in [-0.4, -0.2) is 65.9 Å². The molecule has 1 amide bonds. The van der Waals surface area contributed by atoms with Crippen molar-refractivity contribution in [3.63, 3.8) is 0 Å². The number of piperazine rings is 1. The monoisotopic (exact) mass is 453 g/mol. The van der Waals surface area contributed by atoms with Crippen molar-refractivity contribution in [3.8, 4) is 11.1 Å². The quantitative estimate of drug-likeness (QED) is 0.684. The summed E-state index contributed by atoms with van der Waals surface area (Å²) in [6.07, 6.45) is 7.53. The topological polar surface area (TPSA) is 26.8 Å². The van der Waals surface area contributed by atoms with E-state index in [1.807, 2.05) is 23.1 Å². The van der Waals surface area contributed by atoms with Crippen LogP contribution >= 0.6 is 0 Å². The van der Waals surface area contributed by atoms with Crippen LogP contribution < -0.4 is 0 Å². The van der Waals surface area contributed by atoms with Gasteiger partial charge < -0.3 is 4.90 Å². The van der Waals surface area contributed by atoms with E-state index in [0.29, 0.717) is 12.1 Å². The number of hydrogen-bond donors (Lipinski definition) is 0. The Morgan fingerprint density at radius 2 is 1.67 bits per heavy atom. The Balaban J connectivity index is 1.16. The number of carbonyl (C=O) groups excluding carboxylic acids is 1. The van der Waals surface area contributed by atoms with Crippen LogP contribution in [0.4, 0.5) is 8.78 Å². The van der Waals surface area contributed by atoms with Gasteiger partial charge in [-0.3, -0.25) is 14.6 Å². The highest BCUT2D eigenvalue weighted by Gasteiger charge is 2.28. The van der Waals surface area contributed by atoms with Crippen molar-refractivity contribution in [3.05, 3.63) is 59.2 Å². The largest absolute Gasteiger partial charge is 0.339 e. The van der Waals surface area contributed by atoms with E-state index in [1.54, 1.807) is 0 Å². The van der Waals surface area contributed by atoms with Crippen molar-refractivity contribution < 1.29 is 13.6 Å². The Labute approximate surface area is 195 Å². The van der Waals surface area contributed by atoms with Gasteiger partial charge >= 0.3 is 0 Å². The third kappa shape index (κ3) is 5.12. The van der Waals surface area contributed by atoms with Crippen molar-refractivity contribution in [2.24, 2.45) is 0 Å². The van der Waals surface area contributed by atoms with Gasteiger partial charge in [-0.2, -0.15) is 0 Å². The highest BCUT2D eigenvalue weighted by atomic mass is 19.1. The van der Waals surface area contributed by atoms with Gasteiger partial charge in [0.05, 0.1) is 6.54 Å². The van der Waals surface area contributed by atoms with Crippen LogP contribution in [0, 0.1) is 11.6 Å². The third-order valence-corrected chi connectivity index (χ3v) is 7.66. The Morgan fingerprint density at radius 3 is 2.42 bits per heavy atom. The SMILES string of the molecule is O=C(CN1CCc2cc(-c3ccc(F)cc3F)ccc2C1)N1CCN(C2CCCCC2)CC1. The van der Waals surface area contributed by atoms with Gasteiger partial charge in [0.25, 0.3) is 0 Å². The lowest BCUT2D eigenvalue weighted by atomic mass is 9.94. The van der Waals surface area contributed by atoms with E-state index in [1.165, 1.54) is 55.4 Å². The van der Waals surface area contributed by atoms with Gasteiger partial charge in [0, 0.05) is 56.9 Å². The first-order valence-electron chi connectivity index (χ1n) is 12.4. The fourth-order valence-electron chi connectivity index (χ4n) is 5.71. The molecule has 0 atom stereocenters. The number of benzene rings is 2. The fourth-order valence-corrected chi connectivity index (χ4v) is 5.71. The summed E-state index contributed by atoms with van der Waals surface area (Å²) in [5, 5.41) is 0. The lowest BCUT2D eigenvalue weighted by Crippen LogP contribution is -2.54. The molecule has 176 valence electrons. The van der Waals surface area contributed by atoms with Gasteiger partial charge in [-0.1, -0.05) is 37.5 Å². The number of amides is 1. The van der Waals surface area contributed by atoms with Crippen LogP contribution in [-0.2, 0) is 17.8 Å². The highest BCUT2D eigenvalue weighted by molar-refractivity contribution is 5.78. The van der Waals surface area contributed by atoms with E-state index in [0.717, 1.165) is 63.4 Å². The van der Waals surface area contributed by atoms with E-state index in [2.05, 4.69) is 9.80 Å². The van der Waals surface area contributed by atoms with Crippen LogP contribution in [0.25, 0.3) is 11.1 Å². The molecule has 5 rings (SSSR count). The van der Waals surface area contributed by atoms with Gasteiger partial charge in [0.1, 0.15) is 11.6 Å². The molecule has 2 aromatic rings. The molecule has 1 saturated carbocycles. The zero-order valence-electron chi connectivity index (χ0n) is 19.2. The van der Waals surface area contributed by atoms with Gasteiger partial charge in [-0.25, -0.2) is 8.78 Å². The molecule has 2 aromatic carbocycles. The molecule has 4 nitrogen and oxygen atoms in total. The fraction of sp³-hybridized carbons (Fsp3) is 0.519. The number of rotatable bonds is 4. The summed E-state index contributed by atoms with van der Waals surface area (Å²) in [6, 6.07) is 10.4. The van der Waals surface area contributed by atoms with Crippen LogP contribution in [0.3, 0.4) is 0 Å². The molecule has 0 radical (unpaired) electrons. The van der Waals surface area contributed by atoms with E-state index in [-0.39, 0.29) is 5.91 Å². The minimum absolute atomic E-state index is 0.228. The molecule has 0 N–H and O–H groups in total. The zero-order chi connectivity index (χ0) is 22.8. The van der Waals surface area contributed by atoms with Crippen LogP contribution in [0.15, 0.2) is 36.4 Å². The molecule has 0 unspecified atom stereocenters. The molecule has 2 heterocycles. The van der Waals surface area contributed by atoms with Crippen molar-refractivity contribution in [2.75, 3.05) is 39.3 Å². The van der Waals surface area contributed by atoms with Gasteiger partial charge in [-0.15, -0.1) is 0 Å². The summed E-state index contributed by atoms with van der Waals surface area (Å²) in [4.78, 5) is 19.8. The third-order valence-electron chi connectivity index (χ3n) is 7.66. The second kappa shape index (κ2) is 9.90. The number of nitrogens with zero attached hydrogens (tertiary/aromatic N) is 3. The van der Waals surface area contributed by atoms with Crippen molar-refractivity contribution in [2.45, 2.75) is 51.1 Å². The molecule has 2 fully saturated rings. The molecule has 1 aliphatic carbocycles. The summed E-state index contributed by atoms with van der Waals surface area (Å²) in [6.45, 7) is 5.69. The molecule has 0 bridgehead atoms. The summed E-state index contributed by atoms with van der Waals surface area (Å²) in [5.41, 5.74) is 3.55. The average Bonchev–Trinajstić information content (AvgIpc) is 2.84. The maximum atomic E-state index is 14.2. The second-order valence-electron chi connectivity index (χ2n) is 9.78. The van der Waals surface area contributed by atoms with Crippen molar-refractivity contribution in [1.29, 1.82) is 0 Å². The number of carbonyl (C=O) groups is 1. The minimum Gasteiger partial charge on any atom is -0.339 e. The maximum Gasteiger partial charge on any atom is 0.236 e. The Bertz CT molecular complexity index is 997. The maximum absolute atomic E-state index is 14.2. The van der Waals surface area contributed by atoms with E-state index < -0.39 is 11.6 Å². The lowest BCUT2D eigenvalue weighted by molar-refractivity contribution is -0.134. The zero-order valence-corrected chi connectivity index (χ0v) is 19.2.